The van der Waals surface area contributed by atoms with Crippen LogP contribution in [0.5, 0.6) is 0 Å². The maximum atomic E-state index is 10.2. The summed E-state index contributed by atoms with van der Waals surface area (Å²) in [5.41, 5.74) is 0.662. The van der Waals surface area contributed by atoms with Crippen molar-refractivity contribution in [3.8, 4) is 0 Å². The molecule has 0 aliphatic heterocycles. The Hall–Kier alpha value is -1.64. The molecule has 0 atom stereocenters. The molecule has 173 valence electrons. The van der Waals surface area contributed by atoms with E-state index in [1.165, 1.54) is 7.11 Å². The molecule has 0 aromatic heterocycles. The fraction of sp³-hybridized carbons (Fsp3) is 0.364. The molecule has 2 aromatic rings. The molecule has 4 N–H and O–H groups in total. The summed E-state index contributed by atoms with van der Waals surface area (Å²) < 4.78 is 0. The molecule has 0 amide bonds. The Kier molecular flexibility index (Phi) is 64.6. The molecule has 2 aromatic carbocycles. The molecule has 0 bridgehead atoms. The number of carboxylic acids is 2. The van der Waals surface area contributed by atoms with Crippen LogP contribution >= 0.6 is 0 Å². The minimum Gasteiger partial charge on any atom is -0.478 e. The number of benzene rings is 2. The van der Waals surface area contributed by atoms with E-state index < -0.39 is 11.9 Å². The zero-order chi connectivity index (χ0) is 22.1. The number of aliphatic hydroxyl groups excluding tert-OH is 1. The van der Waals surface area contributed by atoms with Crippen LogP contribution in [0, 0.1) is 0 Å². The van der Waals surface area contributed by atoms with Crippen molar-refractivity contribution >= 4 is 11.9 Å². The van der Waals surface area contributed by atoms with E-state index in [1.54, 1.807) is 60.7 Å². The SMILES string of the molecule is C.C.CC.CC.CO.COO.O=C(O)c1ccccc1.O=C(O)c1ccccc1.[Y]. The second kappa shape index (κ2) is 41.7. The van der Waals surface area contributed by atoms with E-state index in [0.717, 1.165) is 7.11 Å². The molecule has 7 nitrogen and oxygen atoms in total. The molecular weight excluding hydrogens is 465 g/mol. The summed E-state index contributed by atoms with van der Waals surface area (Å²) in [7, 11) is 2.18. The van der Waals surface area contributed by atoms with Gasteiger partial charge in [0.05, 0.1) is 18.2 Å². The summed E-state index contributed by atoms with van der Waals surface area (Å²) in [6, 6.07) is 16.6. The van der Waals surface area contributed by atoms with Crippen LogP contribution in [0.25, 0.3) is 0 Å². The van der Waals surface area contributed by atoms with Gasteiger partial charge in [0.1, 0.15) is 0 Å². The Bertz CT molecular complexity index is 486. The van der Waals surface area contributed by atoms with Gasteiger partial charge in [-0.15, -0.1) is 0 Å². The van der Waals surface area contributed by atoms with E-state index in [2.05, 4.69) is 4.89 Å². The number of hydrogen-bond acceptors (Lipinski definition) is 5. The van der Waals surface area contributed by atoms with Crippen LogP contribution in [0.4, 0.5) is 0 Å². The molecule has 2 rings (SSSR count). The van der Waals surface area contributed by atoms with Gasteiger partial charge in [-0.25, -0.2) is 14.5 Å². The van der Waals surface area contributed by atoms with Crippen LogP contribution in [0.3, 0.4) is 0 Å². The number of carbonyl (C=O) groups is 2. The summed E-state index contributed by atoms with van der Waals surface area (Å²) in [5, 5.41) is 30.8. The third-order valence-corrected chi connectivity index (χ3v) is 2.04. The molecule has 0 spiro atoms. The molecule has 1 radical (unpaired) electrons. The smallest absolute Gasteiger partial charge is 0.335 e. The fourth-order valence-corrected chi connectivity index (χ4v) is 1.16. The third kappa shape index (κ3) is 33.9. The summed E-state index contributed by atoms with van der Waals surface area (Å²) in [5.74, 6) is -1.76. The summed E-state index contributed by atoms with van der Waals surface area (Å²) >= 11 is 0. The number of carboxylic acid groups (broad SMARTS) is 2. The van der Waals surface area contributed by atoms with E-state index in [1.807, 2.05) is 27.7 Å². The second-order valence-electron chi connectivity index (χ2n) is 3.52. The summed E-state index contributed by atoms with van der Waals surface area (Å²) in [4.78, 5) is 23.7. The fourth-order valence-electron chi connectivity index (χ4n) is 1.16. The Morgan fingerprint density at radius 1 is 0.667 bits per heavy atom. The average Bonchev–Trinajstić information content (AvgIpc) is 2.75. The number of rotatable bonds is 2. The van der Waals surface area contributed by atoms with Gasteiger partial charge < -0.3 is 15.3 Å². The van der Waals surface area contributed by atoms with Gasteiger partial charge in [-0.3, -0.25) is 5.26 Å². The number of aliphatic hydroxyl groups is 1. The predicted molar refractivity (Wildman–Crippen MR) is 121 cm³/mol. The molecule has 0 heterocycles. The molecule has 0 aliphatic carbocycles. The monoisotopic (exact) mass is 505 g/mol. The largest absolute Gasteiger partial charge is 0.478 e. The van der Waals surface area contributed by atoms with Crippen LogP contribution in [-0.4, -0.2) is 46.7 Å². The number of aromatic carboxylic acids is 2. The topological polar surface area (TPSA) is 124 Å². The standard InChI is InChI=1S/2C7H6O2.2C2H6.CH4O2.CH4O.2CH4.Y/c2*8-7(9)6-4-2-1-3-5-6;2*1-2;1-3-2;1-2;;;/h2*1-5H,(H,8,9);2*1-2H3;2H,1H3;2H,1H3;2*1H4;. The van der Waals surface area contributed by atoms with Gasteiger partial charge in [0.25, 0.3) is 0 Å². The first-order valence-corrected chi connectivity index (χ1v) is 8.21. The molecule has 8 heteroatoms. The molecule has 0 unspecified atom stereocenters. The quantitative estimate of drug-likeness (QED) is 0.300. The summed E-state index contributed by atoms with van der Waals surface area (Å²) in [6.45, 7) is 8.00. The van der Waals surface area contributed by atoms with E-state index in [4.69, 9.17) is 20.6 Å². The van der Waals surface area contributed by atoms with Crippen LogP contribution in [-0.2, 0) is 37.6 Å². The van der Waals surface area contributed by atoms with Gasteiger partial charge in [-0.05, 0) is 24.3 Å². The first-order valence-electron chi connectivity index (χ1n) is 8.21. The van der Waals surface area contributed by atoms with Crippen molar-refractivity contribution in [2.45, 2.75) is 42.5 Å². The van der Waals surface area contributed by atoms with Gasteiger partial charge in [0.2, 0.25) is 0 Å². The molecule has 30 heavy (non-hydrogen) atoms. The Morgan fingerprint density at radius 3 is 0.933 bits per heavy atom. The Labute approximate surface area is 207 Å². The van der Waals surface area contributed by atoms with Crippen molar-refractivity contribution in [2.24, 2.45) is 0 Å². The van der Waals surface area contributed by atoms with E-state index in [9.17, 15) is 9.59 Å². The molecule has 0 aliphatic rings. The maximum absolute atomic E-state index is 10.2. The zero-order valence-electron chi connectivity index (χ0n) is 17.4. The molecule has 0 fully saturated rings. The van der Waals surface area contributed by atoms with Gasteiger partial charge in [0.15, 0.2) is 0 Å². The first kappa shape index (κ1) is 46.5. The molecular formula is C22H40O7Y. The minimum atomic E-state index is -0.879. The van der Waals surface area contributed by atoms with Gasteiger partial charge >= 0.3 is 11.9 Å². The van der Waals surface area contributed by atoms with Crippen molar-refractivity contribution in [1.29, 1.82) is 0 Å². The van der Waals surface area contributed by atoms with E-state index >= 15 is 0 Å². The Morgan fingerprint density at radius 2 is 0.833 bits per heavy atom. The van der Waals surface area contributed by atoms with Gasteiger partial charge in [-0.2, -0.15) is 0 Å². The third-order valence-electron chi connectivity index (χ3n) is 2.04. The Balaban J connectivity index is -0.0000000478. The molecule has 0 saturated carbocycles. The van der Waals surface area contributed by atoms with Crippen LogP contribution < -0.4 is 0 Å². The normalized spacial score (nSPS) is 6.53. The summed E-state index contributed by atoms with van der Waals surface area (Å²) in [6.07, 6.45) is 0. The van der Waals surface area contributed by atoms with Crippen molar-refractivity contribution < 1.29 is 67.8 Å². The van der Waals surface area contributed by atoms with Crippen LogP contribution in [0.2, 0.25) is 0 Å². The first-order chi connectivity index (χ1) is 13.0. The number of hydrogen-bond donors (Lipinski definition) is 4. The minimum absolute atomic E-state index is 0. The van der Waals surface area contributed by atoms with Crippen LogP contribution in [0.1, 0.15) is 63.3 Å². The zero-order valence-corrected chi connectivity index (χ0v) is 20.2. The van der Waals surface area contributed by atoms with E-state index in [-0.39, 0.29) is 47.6 Å². The second-order valence-corrected chi connectivity index (χ2v) is 3.52. The maximum Gasteiger partial charge on any atom is 0.335 e. The average molecular weight is 505 g/mol. The van der Waals surface area contributed by atoms with Crippen molar-refractivity contribution in [3.63, 3.8) is 0 Å². The van der Waals surface area contributed by atoms with E-state index in [0.29, 0.717) is 11.1 Å². The van der Waals surface area contributed by atoms with Crippen molar-refractivity contribution in [1.82, 2.24) is 0 Å². The van der Waals surface area contributed by atoms with Crippen molar-refractivity contribution in [2.75, 3.05) is 14.2 Å². The van der Waals surface area contributed by atoms with Crippen molar-refractivity contribution in [3.05, 3.63) is 71.8 Å². The molecule has 0 saturated heterocycles. The predicted octanol–water partition coefficient (Wildman–Crippen LogP) is 5.81. The van der Waals surface area contributed by atoms with Gasteiger partial charge in [-0.1, -0.05) is 78.9 Å². The van der Waals surface area contributed by atoms with Gasteiger partial charge in [0, 0.05) is 39.8 Å². The van der Waals surface area contributed by atoms with Crippen LogP contribution in [0.15, 0.2) is 60.7 Å².